The Bertz CT molecular complexity index is 646. The number of methoxy groups -OCH3 is 1. The number of hydrogen-bond donors (Lipinski definition) is 1. The number of amides is 1. The molecule has 1 N–H and O–H groups in total. The zero-order valence-corrected chi connectivity index (χ0v) is 14.4. The highest BCUT2D eigenvalue weighted by Gasteiger charge is 2.07. The summed E-state index contributed by atoms with van der Waals surface area (Å²) in [6.07, 6.45) is 0.751. The summed E-state index contributed by atoms with van der Waals surface area (Å²) in [4.78, 5) is 12.0. The molecule has 0 aliphatic rings. The molecule has 2 aromatic rings. The molecule has 0 saturated carbocycles. The van der Waals surface area contributed by atoms with Crippen molar-refractivity contribution in [2.45, 2.75) is 6.42 Å². The molecule has 2 rings (SSSR count). The van der Waals surface area contributed by atoms with Crippen molar-refractivity contribution in [1.29, 1.82) is 0 Å². The molecule has 0 unspecified atom stereocenters. The molecular weight excluding hydrogens is 401 g/mol. The van der Waals surface area contributed by atoms with Crippen molar-refractivity contribution in [1.82, 2.24) is 5.32 Å². The number of carbonyl (C=O) groups excluding carboxylic acids is 1. The Kier molecular flexibility index (Phi) is 5.87. The Morgan fingerprint density at radius 1 is 1.29 bits per heavy atom. The highest BCUT2D eigenvalue weighted by molar-refractivity contribution is 14.1. The molecule has 3 nitrogen and oxygen atoms in total. The summed E-state index contributed by atoms with van der Waals surface area (Å²) in [7, 11) is 1.64. The summed E-state index contributed by atoms with van der Waals surface area (Å²) in [5.41, 5.74) is 1.70. The first-order chi connectivity index (χ1) is 10.1. The smallest absolute Gasteiger partial charge is 0.251 e. The number of rotatable bonds is 5. The molecule has 110 valence electrons. The van der Waals surface area contributed by atoms with Crippen molar-refractivity contribution in [2.24, 2.45) is 0 Å². The van der Waals surface area contributed by atoms with E-state index in [-0.39, 0.29) is 5.91 Å². The summed E-state index contributed by atoms with van der Waals surface area (Å²) in [5.74, 6) is 0.708. The summed E-state index contributed by atoms with van der Waals surface area (Å²) in [6.45, 7) is 0.565. The predicted molar refractivity (Wildman–Crippen MR) is 93.2 cm³/mol. The molecular formula is C16H15ClINO2. The van der Waals surface area contributed by atoms with E-state index in [1.807, 2.05) is 30.3 Å². The highest BCUT2D eigenvalue weighted by atomic mass is 127. The van der Waals surface area contributed by atoms with Gasteiger partial charge in [-0.3, -0.25) is 4.79 Å². The molecule has 0 aliphatic heterocycles. The van der Waals surface area contributed by atoms with Crippen molar-refractivity contribution in [3.63, 3.8) is 0 Å². The van der Waals surface area contributed by atoms with Crippen LogP contribution in [0.25, 0.3) is 0 Å². The zero-order chi connectivity index (χ0) is 15.2. The molecule has 0 bridgehead atoms. The third-order valence-corrected chi connectivity index (χ3v) is 4.59. The van der Waals surface area contributed by atoms with Gasteiger partial charge in [-0.15, -0.1) is 0 Å². The van der Waals surface area contributed by atoms with E-state index in [1.165, 1.54) is 0 Å². The second-order valence-electron chi connectivity index (χ2n) is 4.49. The standard InChI is InChI=1S/C16H15ClINO2/c1-21-13-4-2-3-11(9-13)7-8-19-16(20)12-5-6-15(18)14(17)10-12/h2-6,9-10H,7-8H2,1H3,(H,19,20). The normalized spacial score (nSPS) is 10.2. The first-order valence-corrected chi connectivity index (χ1v) is 7.92. The van der Waals surface area contributed by atoms with Crippen LogP contribution in [0.15, 0.2) is 42.5 Å². The quantitative estimate of drug-likeness (QED) is 0.752. The fourth-order valence-corrected chi connectivity index (χ4v) is 2.40. The second-order valence-corrected chi connectivity index (χ2v) is 6.06. The maximum absolute atomic E-state index is 12.0. The van der Waals surface area contributed by atoms with E-state index in [4.69, 9.17) is 16.3 Å². The van der Waals surface area contributed by atoms with Crippen molar-refractivity contribution in [3.05, 3.63) is 62.2 Å². The first kappa shape index (κ1) is 16.1. The SMILES string of the molecule is COc1cccc(CCNC(=O)c2ccc(I)c(Cl)c2)c1. The number of carbonyl (C=O) groups is 1. The highest BCUT2D eigenvalue weighted by Crippen LogP contribution is 2.19. The maximum atomic E-state index is 12.0. The van der Waals surface area contributed by atoms with Gasteiger partial charge < -0.3 is 10.1 Å². The molecule has 21 heavy (non-hydrogen) atoms. The molecule has 0 saturated heterocycles. The van der Waals surface area contributed by atoms with E-state index >= 15 is 0 Å². The minimum Gasteiger partial charge on any atom is -0.497 e. The Labute approximate surface area is 142 Å². The lowest BCUT2D eigenvalue weighted by Gasteiger charge is -2.07. The zero-order valence-electron chi connectivity index (χ0n) is 11.5. The van der Waals surface area contributed by atoms with Gasteiger partial charge in [-0.2, -0.15) is 0 Å². The lowest BCUT2D eigenvalue weighted by molar-refractivity contribution is 0.0954. The van der Waals surface area contributed by atoms with Crippen LogP contribution in [0.5, 0.6) is 5.75 Å². The average molecular weight is 416 g/mol. The molecule has 2 aromatic carbocycles. The largest absolute Gasteiger partial charge is 0.497 e. The van der Waals surface area contributed by atoms with Gasteiger partial charge in [0.15, 0.2) is 0 Å². The molecule has 0 fully saturated rings. The van der Waals surface area contributed by atoms with E-state index in [0.717, 1.165) is 21.3 Å². The van der Waals surface area contributed by atoms with Crippen molar-refractivity contribution in [3.8, 4) is 5.75 Å². The van der Waals surface area contributed by atoms with Crippen LogP contribution in [0.3, 0.4) is 0 Å². The first-order valence-electron chi connectivity index (χ1n) is 6.46. The van der Waals surface area contributed by atoms with Crippen LogP contribution in [-0.2, 0) is 6.42 Å². The molecule has 0 heterocycles. The minimum absolute atomic E-state index is 0.115. The lowest BCUT2D eigenvalue weighted by Crippen LogP contribution is -2.25. The summed E-state index contributed by atoms with van der Waals surface area (Å²) < 4.78 is 6.11. The monoisotopic (exact) mass is 415 g/mol. The van der Waals surface area contributed by atoms with Crippen LogP contribution in [0.4, 0.5) is 0 Å². The van der Waals surface area contributed by atoms with Crippen LogP contribution in [0.2, 0.25) is 5.02 Å². The van der Waals surface area contributed by atoms with Gasteiger partial charge in [0.25, 0.3) is 5.91 Å². The van der Waals surface area contributed by atoms with Crippen LogP contribution in [0.1, 0.15) is 15.9 Å². The number of benzene rings is 2. The number of hydrogen-bond acceptors (Lipinski definition) is 2. The summed E-state index contributed by atoms with van der Waals surface area (Å²) in [5, 5.41) is 3.48. The Morgan fingerprint density at radius 3 is 2.81 bits per heavy atom. The van der Waals surface area contributed by atoms with E-state index in [0.29, 0.717) is 17.1 Å². The van der Waals surface area contributed by atoms with E-state index in [1.54, 1.807) is 19.2 Å². The third kappa shape index (κ3) is 4.61. The van der Waals surface area contributed by atoms with Gasteiger partial charge in [-0.1, -0.05) is 23.7 Å². The molecule has 0 aliphatic carbocycles. The van der Waals surface area contributed by atoms with Crippen molar-refractivity contribution in [2.75, 3.05) is 13.7 Å². The maximum Gasteiger partial charge on any atom is 0.251 e. The Hall–Kier alpha value is -1.27. The van der Waals surface area contributed by atoms with E-state index < -0.39 is 0 Å². The van der Waals surface area contributed by atoms with Gasteiger partial charge in [-0.05, 0) is 64.9 Å². The van der Waals surface area contributed by atoms with E-state index in [9.17, 15) is 4.79 Å². The Balaban J connectivity index is 1.90. The summed E-state index contributed by atoms with van der Waals surface area (Å²) in [6, 6.07) is 13.1. The molecule has 0 radical (unpaired) electrons. The van der Waals surface area contributed by atoms with Crippen LogP contribution in [0, 0.1) is 3.57 Å². The van der Waals surface area contributed by atoms with Crippen molar-refractivity contribution >= 4 is 40.1 Å². The number of nitrogens with one attached hydrogen (secondary N) is 1. The molecule has 0 atom stereocenters. The van der Waals surface area contributed by atoms with Gasteiger partial charge in [0, 0.05) is 15.7 Å². The molecule has 1 amide bonds. The molecule has 5 heteroatoms. The van der Waals surface area contributed by atoms with Gasteiger partial charge in [-0.25, -0.2) is 0 Å². The number of ether oxygens (including phenoxy) is 1. The molecule has 0 spiro atoms. The average Bonchev–Trinajstić information content (AvgIpc) is 2.50. The Morgan fingerprint density at radius 2 is 2.10 bits per heavy atom. The lowest BCUT2D eigenvalue weighted by atomic mass is 10.1. The van der Waals surface area contributed by atoms with Gasteiger partial charge >= 0.3 is 0 Å². The minimum atomic E-state index is -0.115. The number of halogens is 2. The fourth-order valence-electron chi connectivity index (χ4n) is 1.89. The van der Waals surface area contributed by atoms with Crippen LogP contribution in [-0.4, -0.2) is 19.6 Å². The predicted octanol–water partition coefficient (Wildman–Crippen LogP) is 3.93. The van der Waals surface area contributed by atoms with E-state index in [2.05, 4.69) is 27.9 Å². The van der Waals surface area contributed by atoms with Gasteiger partial charge in [0.2, 0.25) is 0 Å². The summed E-state index contributed by atoms with van der Waals surface area (Å²) >= 11 is 8.15. The van der Waals surface area contributed by atoms with Crippen LogP contribution < -0.4 is 10.1 Å². The van der Waals surface area contributed by atoms with Crippen molar-refractivity contribution < 1.29 is 9.53 Å². The van der Waals surface area contributed by atoms with Crippen LogP contribution >= 0.6 is 34.2 Å². The third-order valence-electron chi connectivity index (χ3n) is 3.02. The fraction of sp³-hybridized carbons (Fsp3) is 0.188. The van der Waals surface area contributed by atoms with Gasteiger partial charge in [0.05, 0.1) is 12.1 Å². The topological polar surface area (TPSA) is 38.3 Å². The van der Waals surface area contributed by atoms with Gasteiger partial charge in [0.1, 0.15) is 5.75 Å². The molecule has 0 aromatic heterocycles. The second kappa shape index (κ2) is 7.66.